The standard InChI is InChI=1S/C25H18N2O2S/c26-25-27-24(28)23(30-25)14-21-20-11-4-2-7-17(20)12-13-22(21)29-15-18-9-5-8-16-6-1-3-10-19(16)18/h1-14H,15H2,(H2,26,27,28). The zero-order chi connectivity index (χ0) is 20.5. The second-order valence-electron chi connectivity index (χ2n) is 6.99. The first kappa shape index (κ1) is 18.5. The number of amides is 1. The van der Waals surface area contributed by atoms with Crippen molar-refractivity contribution in [3.63, 3.8) is 0 Å². The average molecular weight is 410 g/mol. The minimum Gasteiger partial charge on any atom is -0.488 e. The van der Waals surface area contributed by atoms with Crippen molar-refractivity contribution in [2.45, 2.75) is 6.61 Å². The molecule has 1 amide bonds. The zero-order valence-electron chi connectivity index (χ0n) is 16.0. The molecular formula is C25H18N2O2S. The van der Waals surface area contributed by atoms with Crippen LogP contribution in [-0.2, 0) is 11.4 Å². The van der Waals surface area contributed by atoms with Gasteiger partial charge in [-0.25, -0.2) is 0 Å². The number of carbonyl (C=O) groups excluding carboxylic acids is 1. The molecule has 0 spiro atoms. The average Bonchev–Trinajstić information content (AvgIpc) is 3.09. The molecule has 0 saturated heterocycles. The molecule has 4 aromatic rings. The highest BCUT2D eigenvalue weighted by Crippen LogP contribution is 2.35. The van der Waals surface area contributed by atoms with E-state index in [1.54, 1.807) is 0 Å². The van der Waals surface area contributed by atoms with Crippen molar-refractivity contribution in [3.8, 4) is 5.75 Å². The van der Waals surface area contributed by atoms with E-state index in [1.807, 2.05) is 60.7 Å². The van der Waals surface area contributed by atoms with Crippen LogP contribution >= 0.6 is 11.8 Å². The lowest BCUT2D eigenvalue weighted by Gasteiger charge is -2.14. The van der Waals surface area contributed by atoms with Crippen molar-refractivity contribution in [1.29, 1.82) is 0 Å². The van der Waals surface area contributed by atoms with E-state index in [1.165, 1.54) is 22.5 Å². The molecule has 0 atom stereocenters. The molecule has 0 fully saturated rings. The van der Waals surface area contributed by atoms with Crippen LogP contribution in [0.1, 0.15) is 11.1 Å². The third kappa shape index (κ3) is 3.44. The van der Waals surface area contributed by atoms with E-state index in [2.05, 4.69) is 29.3 Å². The first-order valence-corrected chi connectivity index (χ1v) is 10.4. The van der Waals surface area contributed by atoms with Crippen LogP contribution in [0.3, 0.4) is 0 Å². The summed E-state index contributed by atoms with van der Waals surface area (Å²) in [7, 11) is 0. The smallest absolute Gasteiger partial charge is 0.286 e. The lowest BCUT2D eigenvalue weighted by molar-refractivity contribution is -0.113. The Labute approximate surface area is 178 Å². The molecule has 1 aliphatic heterocycles. The van der Waals surface area contributed by atoms with Crippen LogP contribution in [0, 0.1) is 0 Å². The van der Waals surface area contributed by atoms with Crippen LogP contribution in [0.15, 0.2) is 88.8 Å². The van der Waals surface area contributed by atoms with Crippen LogP contribution in [-0.4, -0.2) is 11.1 Å². The van der Waals surface area contributed by atoms with E-state index in [9.17, 15) is 4.79 Å². The van der Waals surface area contributed by atoms with E-state index in [0.717, 1.165) is 21.9 Å². The molecule has 146 valence electrons. The van der Waals surface area contributed by atoms with E-state index in [4.69, 9.17) is 10.5 Å². The van der Waals surface area contributed by atoms with Gasteiger partial charge in [0.1, 0.15) is 12.4 Å². The topological polar surface area (TPSA) is 64.7 Å². The van der Waals surface area contributed by atoms with Gasteiger partial charge in [0.05, 0.1) is 4.91 Å². The van der Waals surface area contributed by atoms with Gasteiger partial charge in [-0.15, -0.1) is 0 Å². The van der Waals surface area contributed by atoms with Crippen molar-refractivity contribution in [3.05, 3.63) is 94.9 Å². The monoisotopic (exact) mass is 410 g/mol. The molecule has 0 aromatic heterocycles. The number of thioether (sulfide) groups is 1. The molecule has 0 bridgehead atoms. The first-order chi connectivity index (χ1) is 14.7. The Morgan fingerprint density at radius 1 is 0.867 bits per heavy atom. The van der Waals surface area contributed by atoms with Gasteiger partial charge in [-0.3, -0.25) is 4.79 Å². The molecule has 1 heterocycles. The number of nitrogens with two attached hydrogens (primary N) is 1. The van der Waals surface area contributed by atoms with Gasteiger partial charge in [0.25, 0.3) is 5.91 Å². The Bertz CT molecular complexity index is 1350. The predicted octanol–water partition coefficient (Wildman–Crippen LogP) is 5.50. The fourth-order valence-electron chi connectivity index (χ4n) is 3.68. The number of carbonyl (C=O) groups is 1. The number of hydrogen-bond donors (Lipinski definition) is 1. The summed E-state index contributed by atoms with van der Waals surface area (Å²) in [4.78, 5) is 16.5. The predicted molar refractivity (Wildman–Crippen MR) is 124 cm³/mol. The minimum absolute atomic E-state index is 0.268. The van der Waals surface area contributed by atoms with Gasteiger partial charge in [0.2, 0.25) is 0 Å². The Morgan fingerprint density at radius 3 is 2.33 bits per heavy atom. The number of hydrogen-bond acceptors (Lipinski definition) is 4. The molecule has 1 aliphatic rings. The largest absolute Gasteiger partial charge is 0.488 e. The molecule has 0 radical (unpaired) electrons. The third-order valence-electron chi connectivity index (χ3n) is 5.11. The Hall–Kier alpha value is -3.57. The highest BCUT2D eigenvalue weighted by molar-refractivity contribution is 8.18. The summed E-state index contributed by atoms with van der Waals surface area (Å²) in [6, 6.07) is 26.5. The fraction of sp³-hybridized carbons (Fsp3) is 0.0400. The van der Waals surface area contributed by atoms with Crippen molar-refractivity contribution in [2.24, 2.45) is 10.7 Å². The third-order valence-corrected chi connectivity index (χ3v) is 5.92. The number of aliphatic imine (C=N–C) groups is 1. The summed E-state index contributed by atoms with van der Waals surface area (Å²) < 4.78 is 6.28. The molecule has 5 rings (SSSR count). The molecular weight excluding hydrogens is 392 g/mol. The molecule has 2 N–H and O–H groups in total. The number of rotatable bonds is 4. The maximum atomic E-state index is 12.2. The van der Waals surface area contributed by atoms with Crippen LogP contribution in [0.4, 0.5) is 0 Å². The molecule has 5 heteroatoms. The van der Waals surface area contributed by atoms with Crippen LogP contribution in [0.25, 0.3) is 27.6 Å². The van der Waals surface area contributed by atoms with Gasteiger partial charge in [0.15, 0.2) is 5.17 Å². The van der Waals surface area contributed by atoms with E-state index in [-0.39, 0.29) is 11.1 Å². The van der Waals surface area contributed by atoms with Gasteiger partial charge in [-0.05, 0) is 51.0 Å². The summed E-state index contributed by atoms with van der Waals surface area (Å²) in [5.74, 6) is 0.401. The minimum atomic E-state index is -0.314. The zero-order valence-corrected chi connectivity index (χ0v) is 16.9. The summed E-state index contributed by atoms with van der Waals surface area (Å²) in [6.07, 6.45) is 1.83. The maximum absolute atomic E-state index is 12.2. The number of nitrogens with zero attached hydrogens (tertiary/aromatic N) is 1. The number of ether oxygens (including phenoxy) is 1. The Balaban J connectivity index is 1.56. The van der Waals surface area contributed by atoms with Crippen LogP contribution in [0.5, 0.6) is 5.75 Å². The second-order valence-corrected chi connectivity index (χ2v) is 8.05. The number of amidine groups is 1. The van der Waals surface area contributed by atoms with Gasteiger partial charge in [-0.1, -0.05) is 72.8 Å². The van der Waals surface area contributed by atoms with Crippen molar-refractivity contribution < 1.29 is 9.53 Å². The molecule has 4 nitrogen and oxygen atoms in total. The number of benzene rings is 4. The lowest BCUT2D eigenvalue weighted by atomic mass is 10.0. The second kappa shape index (κ2) is 7.69. The fourth-order valence-corrected chi connectivity index (χ4v) is 4.34. The highest BCUT2D eigenvalue weighted by Gasteiger charge is 2.21. The van der Waals surface area contributed by atoms with Gasteiger partial charge in [-0.2, -0.15) is 4.99 Å². The Morgan fingerprint density at radius 2 is 1.57 bits per heavy atom. The molecule has 4 aromatic carbocycles. The normalized spacial score (nSPS) is 15.1. The van der Waals surface area contributed by atoms with Gasteiger partial charge < -0.3 is 10.5 Å². The quantitative estimate of drug-likeness (QED) is 0.451. The molecule has 0 unspecified atom stereocenters. The van der Waals surface area contributed by atoms with Crippen LogP contribution < -0.4 is 10.5 Å². The van der Waals surface area contributed by atoms with E-state index >= 15 is 0 Å². The van der Waals surface area contributed by atoms with Crippen LogP contribution in [0.2, 0.25) is 0 Å². The van der Waals surface area contributed by atoms with E-state index in [0.29, 0.717) is 17.3 Å². The SMILES string of the molecule is NC1=NC(=O)C(=Cc2c(OCc3cccc4ccccc34)ccc3ccccc23)S1. The van der Waals surface area contributed by atoms with Gasteiger partial charge in [0, 0.05) is 5.56 Å². The highest BCUT2D eigenvalue weighted by atomic mass is 32.2. The summed E-state index contributed by atoms with van der Waals surface area (Å²) in [5.41, 5.74) is 7.69. The summed E-state index contributed by atoms with van der Waals surface area (Å²) in [6.45, 7) is 0.426. The Kier molecular flexibility index (Phi) is 4.73. The van der Waals surface area contributed by atoms with Gasteiger partial charge >= 0.3 is 0 Å². The van der Waals surface area contributed by atoms with Crippen molar-refractivity contribution in [1.82, 2.24) is 0 Å². The van der Waals surface area contributed by atoms with Crippen molar-refractivity contribution in [2.75, 3.05) is 0 Å². The molecule has 0 saturated carbocycles. The summed E-state index contributed by atoms with van der Waals surface area (Å²) in [5, 5.41) is 4.71. The molecule has 30 heavy (non-hydrogen) atoms. The lowest BCUT2D eigenvalue weighted by Crippen LogP contribution is -2.01. The molecule has 0 aliphatic carbocycles. The maximum Gasteiger partial charge on any atom is 0.286 e. The number of fused-ring (bicyclic) bond motifs is 2. The van der Waals surface area contributed by atoms with E-state index < -0.39 is 0 Å². The summed E-state index contributed by atoms with van der Waals surface area (Å²) >= 11 is 1.19. The van der Waals surface area contributed by atoms with Crippen molar-refractivity contribution >= 4 is 50.5 Å². The first-order valence-electron chi connectivity index (χ1n) is 9.58.